The van der Waals surface area contributed by atoms with Crippen molar-refractivity contribution < 1.29 is 0 Å². The van der Waals surface area contributed by atoms with Crippen molar-refractivity contribution >= 4 is 35.8 Å². The summed E-state index contributed by atoms with van der Waals surface area (Å²) in [6.45, 7) is 10.6. The molecular weight excluding hydrogens is 463 g/mol. The first-order valence-corrected chi connectivity index (χ1v) is 10.7. The number of nitrogens with zero attached hydrogens (tertiary/aromatic N) is 3. The van der Waals surface area contributed by atoms with E-state index in [0.29, 0.717) is 0 Å². The Bertz CT molecular complexity index is 525. The molecule has 2 rings (SSSR count). The van der Waals surface area contributed by atoms with Crippen molar-refractivity contribution in [2.75, 3.05) is 44.6 Å². The molecule has 1 aliphatic rings. The van der Waals surface area contributed by atoms with Crippen LogP contribution >= 0.6 is 24.0 Å². The number of pyridine rings is 1. The Morgan fingerprint density at radius 2 is 2.04 bits per heavy atom. The van der Waals surface area contributed by atoms with Gasteiger partial charge in [-0.3, -0.25) is 4.99 Å². The predicted octanol–water partition coefficient (Wildman–Crippen LogP) is 3.71. The topological polar surface area (TPSA) is 64.6 Å². The monoisotopic (exact) mass is 502 g/mol. The molecule has 6 nitrogen and oxygen atoms in total. The molecule has 1 atom stereocenters. The molecule has 0 aliphatic carbocycles. The Morgan fingerprint density at radius 1 is 1.18 bits per heavy atom. The Morgan fingerprint density at radius 3 is 2.79 bits per heavy atom. The number of hydrogen-bond donors (Lipinski definition) is 3. The Kier molecular flexibility index (Phi) is 14.1. The Hall–Kier alpha value is -1.09. The summed E-state index contributed by atoms with van der Waals surface area (Å²) in [5, 5.41) is 10.1. The minimum absolute atomic E-state index is 0. The molecule has 0 amide bonds. The number of likely N-dealkylation sites (tertiary alicyclic amines) is 1. The van der Waals surface area contributed by atoms with Crippen molar-refractivity contribution in [3.63, 3.8) is 0 Å². The van der Waals surface area contributed by atoms with Crippen LogP contribution in [0.1, 0.15) is 52.4 Å². The second-order valence-corrected chi connectivity index (χ2v) is 7.27. The maximum atomic E-state index is 4.73. The molecule has 2 heterocycles. The SMILES string of the molecule is CCNC(=NCCCN1CCCCC1C)NCCCCNc1ccccn1.I. The Balaban J connectivity index is 0.00000392. The van der Waals surface area contributed by atoms with Crippen LogP contribution in [0, 0.1) is 0 Å². The summed E-state index contributed by atoms with van der Waals surface area (Å²) in [7, 11) is 0. The third-order valence-electron chi connectivity index (χ3n) is 5.03. The van der Waals surface area contributed by atoms with Gasteiger partial charge >= 0.3 is 0 Å². The molecule has 1 aromatic rings. The van der Waals surface area contributed by atoms with E-state index in [1.807, 2.05) is 24.4 Å². The van der Waals surface area contributed by atoms with Gasteiger partial charge in [0.05, 0.1) is 0 Å². The van der Waals surface area contributed by atoms with Crippen molar-refractivity contribution in [1.29, 1.82) is 0 Å². The minimum Gasteiger partial charge on any atom is -0.370 e. The summed E-state index contributed by atoms with van der Waals surface area (Å²) in [4.78, 5) is 11.6. The lowest BCUT2D eigenvalue weighted by molar-refractivity contribution is 0.160. The largest absolute Gasteiger partial charge is 0.370 e. The first kappa shape index (κ1) is 24.9. The molecular formula is C21H39IN6. The maximum Gasteiger partial charge on any atom is 0.191 e. The number of piperidine rings is 1. The van der Waals surface area contributed by atoms with Crippen molar-refractivity contribution in [2.24, 2.45) is 4.99 Å². The summed E-state index contributed by atoms with van der Waals surface area (Å²) in [5.41, 5.74) is 0. The van der Waals surface area contributed by atoms with E-state index in [-0.39, 0.29) is 24.0 Å². The average molecular weight is 502 g/mol. The average Bonchev–Trinajstić information content (AvgIpc) is 2.69. The lowest BCUT2D eigenvalue weighted by Crippen LogP contribution is -2.39. The highest BCUT2D eigenvalue weighted by Crippen LogP contribution is 2.16. The zero-order valence-corrected chi connectivity index (χ0v) is 20.0. The molecule has 1 aromatic heterocycles. The standard InChI is InChI=1S/C21H38N6.HI/c1-3-22-21(26-16-10-18-27-17-9-5-11-19(27)2)25-15-8-7-14-24-20-12-4-6-13-23-20;/h4,6,12-13,19H,3,5,7-11,14-18H2,1-2H3,(H,23,24)(H2,22,25,26);1H. The Labute approximate surface area is 188 Å². The molecule has 3 N–H and O–H groups in total. The number of nitrogens with one attached hydrogen (secondary N) is 3. The summed E-state index contributed by atoms with van der Waals surface area (Å²) in [6, 6.07) is 6.68. The van der Waals surface area contributed by atoms with E-state index < -0.39 is 0 Å². The molecule has 160 valence electrons. The van der Waals surface area contributed by atoms with Crippen molar-refractivity contribution in [3.05, 3.63) is 24.4 Å². The van der Waals surface area contributed by atoms with Crippen LogP contribution in [0.4, 0.5) is 5.82 Å². The first-order valence-electron chi connectivity index (χ1n) is 10.7. The second kappa shape index (κ2) is 15.8. The molecule has 1 aliphatic heterocycles. The predicted molar refractivity (Wildman–Crippen MR) is 131 cm³/mol. The highest BCUT2D eigenvalue weighted by Gasteiger charge is 2.16. The van der Waals surface area contributed by atoms with Crippen molar-refractivity contribution in [1.82, 2.24) is 20.5 Å². The van der Waals surface area contributed by atoms with Gasteiger partial charge in [0.2, 0.25) is 0 Å². The molecule has 1 fully saturated rings. The number of aromatic nitrogens is 1. The highest BCUT2D eigenvalue weighted by molar-refractivity contribution is 14.0. The third-order valence-corrected chi connectivity index (χ3v) is 5.03. The third kappa shape index (κ3) is 10.5. The van der Waals surface area contributed by atoms with Gasteiger partial charge in [-0.25, -0.2) is 4.98 Å². The van der Waals surface area contributed by atoms with Gasteiger partial charge in [-0.1, -0.05) is 12.5 Å². The number of hydrogen-bond acceptors (Lipinski definition) is 4. The van der Waals surface area contributed by atoms with Gasteiger partial charge in [0.1, 0.15) is 5.82 Å². The quantitative estimate of drug-likeness (QED) is 0.186. The van der Waals surface area contributed by atoms with Crippen molar-refractivity contribution in [3.8, 4) is 0 Å². The first-order chi connectivity index (χ1) is 13.3. The van der Waals surface area contributed by atoms with Crippen LogP contribution in [0.5, 0.6) is 0 Å². The fourth-order valence-corrected chi connectivity index (χ4v) is 3.44. The number of anilines is 1. The number of rotatable bonds is 11. The summed E-state index contributed by atoms with van der Waals surface area (Å²) >= 11 is 0. The number of halogens is 1. The van der Waals surface area contributed by atoms with Gasteiger partial charge in [0.15, 0.2) is 5.96 Å². The molecule has 28 heavy (non-hydrogen) atoms. The van der Waals surface area contributed by atoms with E-state index in [0.717, 1.165) is 63.3 Å². The van der Waals surface area contributed by atoms with Crippen LogP contribution in [-0.4, -0.2) is 61.2 Å². The number of unbranched alkanes of at least 4 members (excludes halogenated alkanes) is 1. The zero-order valence-electron chi connectivity index (χ0n) is 17.6. The summed E-state index contributed by atoms with van der Waals surface area (Å²) < 4.78 is 0. The van der Waals surface area contributed by atoms with Gasteiger partial charge in [0.25, 0.3) is 0 Å². The molecule has 1 unspecified atom stereocenters. The van der Waals surface area contributed by atoms with Gasteiger partial charge < -0.3 is 20.9 Å². The van der Waals surface area contributed by atoms with Crippen LogP contribution in [0.3, 0.4) is 0 Å². The molecule has 0 bridgehead atoms. The fraction of sp³-hybridized carbons (Fsp3) is 0.714. The van der Waals surface area contributed by atoms with E-state index in [9.17, 15) is 0 Å². The normalized spacial score (nSPS) is 17.6. The van der Waals surface area contributed by atoms with Crippen LogP contribution < -0.4 is 16.0 Å². The van der Waals surface area contributed by atoms with Gasteiger partial charge in [0, 0.05) is 45.0 Å². The fourth-order valence-electron chi connectivity index (χ4n) is 3.44. The summed E-state index contributed by atoms with van der Waals surface area (Å²) in [6.07, 6.45) is 9.26. The smallest absolute Gasteiger partial charge is 0.191 e. The lowest BCUT2D eigenvalue weighted by Gasteiger charge is -2.33. The molecule has 0 saturated carbocycles. The number of guanidine groups is 1. The second-order valence-electron chi connectivity index (χ2n) is 7.27. The van der Waals surface area contributed by atoms with Crippen LogP contribution in [-0.2, 0) is 0 Å². The highest BCUT2D eigenvalue weighted by atomic mass is 127. The van der Waals surface area contributed by atoms with E-state index in [2.05, 4.69) is 39.7 Å². The minimum atomic E-state index is 0. The molecule has 0 spiro atoms. The van der Waals surface area contributed by atoms with E-state index in [1.165, 1.54) is 32.4 Å². The summed E-state index contributed by atoms with van der Waals surface area (Å²) in [5.74, 6) is 1.89. The van der Waals surface area contributed by atoms with Crippen LogP contribution in [0.2, 0.25) is 0 Å². The van der Waals surface area contributed by atoms with E-state index in [4.69, 9.17) is 4.99 Å². The maximum absolute atomic E-state index is 4.73. The van der Waals surface area contributed by atoms with Gasteiger partial charge in [-0.15, -0.1) is 24.0 Å². The van der Waals surface area contributed by atoms with Crippen molar-refractivity contribution in [2.45, 2.75) is 58.4 Å². The zero-order chi connectivity index (χ0) is 19.2. The lowest BCUT2D eigenvalue weighted by atomic mass is 10.0. The van der Waals surface area contributed by atoms with Crippen LogP contribution in [0.15, 0.2) is 29.4 Å². The number of aliphatic imine (C=N–C) groups is 1. The van der Waals surface area contributed by atoms with E-state index >= 15 is 0 Å². The van der Waals surface area contributed by atoms with Gasteiger partial charge in [-0.2, -0.15) is 0 Å². The molecule has 0 aromatic carbocycles. The molecule has 0 radical (unpaired) electrons. The van der Waals surface area contributed by atoms with Gasteiger partial charge in [-0.05, 0) is 64.6 Å². The molecule has 1 saturated heterocycles. The molecule has 7 heteroatoms. The van der Waals surface area contributed by atoms with E-state index in [1.54, 1.807) is 0 Å². The van der Waals surface area contributed by atoms with Crippen LogP contribution in [0.25, 0.3) is 0 Å².